The Kier molecular flexibility index (Phi) is 11.7. The highest BCUT2D eigenvalue weighted by molar-refractivity contribution is 7.98. The minimum atomic E-state index is -1.14. The fourth-order valence-electron chi connectivity index (χ4n) is 3.74. The Hall–Kier alpha value is -2.25. The third-order valence-electron chi connectivity index (χ3n) is 5.63. The molecule has 13 heteroatoms. The molecule has 1 aromatic heterocycles. The van der Waals surface area contributed by atoms with Gasteiger partial charge in [0, 0.05) is 24.9 Å². The second kappa shape index (κ2) is 14.2. The van der Waals surface area contributed by atoms with Crippen LogP contribution in [0, 0.1) is 0 Å². The number of nitrogens with zero attached hydrogens (tertiary/aromatic N) is 2. The lowest BCUT2D eigenvalue weighted by Crippen LogP contribution is -2.57. The van der Waals surface area contributed by atoms with Crippen molar-refractivity contribution in [2.75, 3.05) is 30.6 Å². The molecule has 11 nitrogen and oxygen atoms in total. The molecule has 2 rings (SSSR count). The van der Waals surface area contributed by atoms with E-state index in [4.69, 9.17) is 5.73 Å². The fourth-order valence-corrected chi connectivity index (χ4v) is 4.70. The molecule has 34 heavy (non-hydrogen) atoms. The van der Waals surface area contributed by atoms with Gasteiger partial charge in [-0.2, -0.15) is 23.5 Å². The molecule has 0 aromatic carbocycles. The number of carbonyl (C=O) groups excluding carboxylic acids is 3. The number of rotatable bonds is 14. The van der Waals surface area contributed by atoms with Crippen molar-refractivity contribution in [3.05, 3.63) is 18.2 Å². The summed E-state index contributed by atoms with van der Waals surface area (Å²) >= 11 is 3.07. The Labute approximate surface area is 207 Å². The Morgan fingerprint density at radius 3 is 2.53 bits per heavy atom. The van der Waals surface area contributed by atoms with E-state index in [1.165, 1.54) is 29.2 Å². The van der Waals surface area contributed by atoms with Crippen LogP contribution in [0.4, 0.5) is 0 Å². The van der Waals surface area contributed by atoms with Crippen LogP contribution in [0.1, 0.15) is 31.4 Å². The van der Waals surface area contributed by atoms with Gasteiger partial charge in [-0.25, -0.2) is 9.78 Å². The number of carboxylic acids is 1. The first-order valence-corrected chi connectivity index (χ1v) is 13.9. The maximum Gasteiger partial charge on any atom is 0.326 e. The van der Waals surface area contributed by atoms with Crippen LogP contribution in [0.25, 0.3) is 0 Å². The number of likely N-dealkylation sites (tertiary alicyclic amines) is 1. The minimum absolute atomic E-state index is 0.0976. The standard InChI is InChI=1S/C21H34N6O5S2/c1-33-8-5-14(22)20(30)27-7-3-4-17(27)19(29)26-16(10-13-11-23-12-24-13)18(28)25-15(21(31)32)6-9-34-2/h11-12,14-17H,3-10,22H2,1-2H3,(H,23,24)(H,25,28)(H,26,29)(H,31,32). The van der Waals surface area contributed by atoms with Crippen LogP contribution < -0.4 is 16.4 Å². The van der Waals surface area contributed by atoms with Gasteiger partial charge >= 0.3 is 5.97 Å². The topological polar surface area (TPSA) is 171 Å². The van der Waals surface area contributed by atoms with Crippen molar-refractivity contribution in [1.29, 1.82) is 0 Å². The molecule has 0 bridgehead atoms. The van der Waals surface area contributed by atoms with Crippen LogP contribution in [0.15, 0.2) is 12.5 Å². The molecule has 1 aliphatic rings. The number of hydrogen-bond donors (Lipinski definition) is 5. The van der Waals surface area contributed by atoms with Gasteiger partial charge in [0.1, 0.15) is 18.1 Å². The smallest absolute Gasteiger partial charge is 0.326 e. The van der Waals surface area contributed by atoms with E-state index in [9.17, 15) is 24.3 Å². The number of thioether (sulfide) groups is 2. The highest BCUT2D eigenvalue weighted by Crippen LogP contribution is 2.19. The lowest BCUT2D eigenvalue weighted by atomic mass is 10.1. The maximum atomic E-state index is 13.2. The Morgan fingerprint density at radius 1 is 1.21 bits per heavy atom. The fraction of sp³-hybridized carbons (Fsp3) is 0.667. The number of aromatic amines is 1. The number of amides is 3. The summed E-state index contributed by atoms with van der Waals surface area (Å²) in [6, 6.07) is -3.51. The molecule has 0 saturated carbocycles. The zero-order chi connectivity index (χ0) is 25.1. The second-order valence-electron chi connectivity index (χ2n) is 8.10. The zero-order valence-corrected chi connectivity index (χ0v) is 21.1. The third kappa shape index (κ3) is 8.20. The van der Waals surface area contributed by atoms with Crippen molar-refractivity contribution < 1.29 is 24.3 Å². The summed E-state index contributed by atoms with van der Waals surface area (Å²) in [7, 11) is 0. The van der Waals surface area contributed by atoms with Crippen molar-refractivity contribution >= 4 is 47.2 Å². The number of H-pyrrole nitrogens is 1. The molecule has 0 radical (unpaired) electrons. The van der Waals surface area contributed by atoms with Gasteiger partial charge in [0.15, 0.2) is 0 Å². The number of imidazole rings is 1. The van der Waals surface area contributed by atoms with Crippen molar-refractivity contribution in [3.8, 4) is 0 Å². The molecular formula is C21H34N6O5S2. The number of aromatic nitrogens is 2. The van der Waals surface area contributed by atoms with E-state index >= 15 is 0 Å². The molecule has 4 unspecified atom stereocenters. The number of nitrogens with one attached hydrogen (secondary N) is 3. The molecule has 0 aliphatic carbocycles. The summed E-state index contributed by atoms with van der Waals surface area (Å²) in [4.78, 5) is 58.9. The number of aliphatic carboxylic acids is 1. The largest absolute Gasteiger partial charge is 0.480 e. The van der Waals surface area contributed by atoms with E-state index in [2.05, 4.69) is 20.6 Å². The lowest BCUT2D eigenvalue weighted by molar-refractivity contribution is -0.143. The van der Waals surface area contributed by atoms with Gasteiger partial charge in [-0.05, 0) is 49.7 Å². The Balaban J connectivity index is 2.12. The molecular weight excluding hydrogens is 480 g/mol. The summed E-state index contributed by atoms with van der Waals surface area (Å²) in [5.74, 6) is -1.18. The molecule has 6 N–H and O–H groups in total. The van der Waals surface area contributed by atoms with E-state index in [1.807, 2.05) is 12.5 Å². The number of carbonyl (C=O) groups is 4. The van der Waals surface area contributed by atoms with E-state index in [0.717, 1.165) is 5.75 Å². The van der Waals surface area contributed by atoms with Crippen LogP contribution in [0.2, 0.25) is 0 Å². The van der Waals surface area contributed by atoms with Gasteiger partial charge in [-0.1, -0.05) is 0 Å². The van der Waals surface area contributed by atoms with Gasteiger partial charge in [-0.15, -0.1) is 0 Å². The predicted molar refractivity (Wildman–Crippen MR) is 132 cm³/mol. The summed E-state index contributed by atoms with van der Waals surface area (Å²) in [6.07, 6.45) is 8.77. The first kappa shape index (κ1) is 28.0. The van der Waals surface area contributed by atoms with E-state index in [1.54, 1.807) is 11.8 Å². The van der Waals surface area contributed by atoms with Crippen LogP contribution in [0.3, 0.4) is 0 Å². The normalized spacial score (nSPS) is 18.2. The third-order valence-corrected chi connectivity index (χ3v) is 6.91. The van der Waals surface area contributed by atoms with Crippen molar-refractivity contribution in [1.82, 2.24) is 25.5 Å². The van der Waals surface area contributed by atoms with Crippen LogP contribution in [0.5, 0.6) is 0 Å². The monoisotopic (exact) mass is 514 g/mol. The highest BCUT2D eigenvalue weighted by atomic mass is 32.2. The minimum Gasteiger partial charge on any atom is -0.480 e. The zero-order valence-electron chi connectivity index (χ0n) is 19.5. The van der Waals surface area contributed by atoms with Gasteiger partial charge in [-0.3, -0.25) is 14.4 Å². The van der Waals surface area contributed by atoms with Crippen LogP contribution in [-0.4, -0.2) is 98.4 Å². The summed E-state index contributed by atoms with van der Waals surface area (Å²) < 4.78 is 0. The Morgan fingerprint density at radius 2 is 1.91 bits per heavy atom. The quantitative estimate of drug-likeness (QED) is 0.226. The first-order chi connectivity index (χ1) is 16.3. The predicted octanol–water partition coefficient (Wildman–Crippen LogP) is -0.169. The van der Waals surface area contributed by atoms with Crippen molar-refractivity contribution in [2.24, 2.45) is 5.73 Å². The van der Waals surface area contributed by atoms with Gasteiger partial charge in [0.2, 0.25) is 17.7 Å². The second-order valence-corrected chi connectivity index (χ2v) is 10.1. The highest BCUT2D eigenvalue weighted by Gasteiger charge is 2.38. The molecule has 0 spiro atoms. The lowest BCUT2D eigenvalue weighted by Gasteiger charge is -2.28. The van der Waals surface area contributed by atoms with Crippen LogP contribution >= 0.6 is 23.5 Å². The molecule has 1 fully saturated rings. The first-order valence-electron chi connectivity index (χ1n) is 11.1. The molecule has 1 saturated heterocycles. The molecule has 4 atom stereocenters. The van der Waals surface area contributed by atoms with E-state index < -0.39 is 42.0 Å². The number of carboxylic acid groups (broad SMARTS) is 1. The SMILES string of the molecule is CSCCC(N)C(=O)N1CCCC1C(=O)NC(Cc1cnc[nH]1)C(=O)NC(CCSC)C(=O)O. The Bertz CT molecular complexity index is 825. The van der Waals surface area contributed by atoms with E-state index in [0.29, 0.717) is 37.3 Å². The molecule has 1 aromatic rings. The van der Waals surface area contributed by atoms with Crippen LogP contribution in [-0.2, 0) is 25.6 Å². The van der Waals surface area contributed by atoms with Gasteiger partial charge in [0.25, 0.3) is 0 Å². The average molecular weight is 515 g/mol. The summed E-state index contributed by atoms with van der Waals surface area (Å²) in [5, 5.41) is 14.7. The summed E-state index contributed by atoms with van der Waals surface area (Å²) in [6.45, 7) is 0.428. The molecule has 2 heterocycles. The molecule has 1 aliphatic heterocycles. The van der Waals surface area contributed by atoms with Crippen molar-refractivity contribution in [3.63, 3.8) is 0 Å². The van der Waals surface area contributed by atoms with Crippen molar-refractivity contribution in [2.45, 2.75) is 56.3 Å². The van der Waals surface area contributed by atoms with Gasteiger partial charge < -0.3 is 31.4 Å². The van der Waals surface area contributed by atoms with E-state index in [-0.39, 0.29) is 18.7 Å². The van der Waals surface area contributed by atoms with Gasteiger partial charge in [0.05, 0.1) is 12.4 Å². The number of nitrogens with two attached hydrogens (primary N) is 1. The maximum absolute atomic E-state index is 13.2. The molecule has 3 amide bonds. The molecule has 190 valence electrons. The summed E-state index contributed by atoms with van der Waals surface area (Å²) in [5.41, 5.74) is 6.65. The average Bonchev–Trinajstić information content (AvgIpc) is 3.51. The number of hydrogen-bond acceptors (Lipinski definition) is 8.